The minimum Gasteiger partial charge on any atom is -0.393 e. The molecule has 9 heteroatoms. The van der Waals surface area contributed by atoms with Crippen molar-refractivity contribution in [3.05, 3.63) is 11.6 Å². The average Bonchev–Trinajstić information content (AvgIpc) is 2.96. The van der Waals surface area contributed by atoms with E-state index in [0.717, 1.165) is 12.8 Å². The fraction of sp³-hybridized carbons (Fsp3) is 0.727. The van der Waals surface area contributed by atoms with Crippen molar-refractivity contribution in [3.8, 4) is 0 Å². The summed E-state index contributed by atoms with van der Waals surface area (Å²) in [4.78, 5) is 14.9. The van der Waals surface area contributed by atoms with Crippen molar-refractivity contribution >= 4 is 5.91 Å². The van der Waals surface area contributed by atoms with Gasteiger partial charge in [-0.15, -0.1) is 5.10 Å². The van der Waals surface area contributed by atoms with Crippen LogP contribution in [0.2, 0.25) is 0 Å². The number of hydrogen-bond acceptors (Lipinski definition) is 4. The molecule has 2 atom stereocenters. The van der Waals surface area contributed by atoms with Gasteiger partial charge in [0.05, 0.1) is 12.6 Å². The van der Waals surface area contributed by atoms with Crippen LogP contribution in [0.4, 0.5) is 13.2 Å². The lowest BCUT2D eigenvalue weighted by Crippen LogP contribution is -2.28. The Morgan fingerprint density at radius 2 is 2.20 bits per heavy atom. The molecule has 0 saturated heterocycles. The van der Waals surface area contributed by atoms with Crippen LogP contribution in [-0.4, -0.2) is 32.3 Å². The summed E-state index contributed by atoms with van der Waals surface area (Å²) >= 11 is 0. The van der Waals surface area contributed by atoms with Gasteiger partial charge in [0.15, 0.2) is 0 Å². The third-order valence-corrected chi connectivity index (χ3v) is 3.30. The molecule has 112 valence electrons. The van der Waals surface area contributed by atoms with Gasteiger partial charge < -0.3 is 10.4 Å². The van der Waals surface area contributed by atoms with E-state index >= 15 is 0 Å². The van der Waals surface area contributed by atoms with Crippen LogP contribution in [0, 0.1) is 5.92 Å². The molecule has 0 spiro atoms. The Morgan fingerprint density at radius 1 is 1.45 bits per heavy atom. The summed E-state index contributed by atoms with van der Waals surface area (Å²) in [6, 6.07) is 0. The van der Waals surface area contributed by atoms with Crippen LogP contribution < -0.4 is 5.32 Å². The molecular formula is C11H15F3N4O2. The van der Waals surface area contributed by atoms with Crippen molar-refractivity contribution in [1.29, 1.82) is 0 Å². The van der Waals surface area contributed by atoms with Crippen LogP contribution in [0.25, 0.3) is 0 Å². The maximum atomic E-state index is 12.3. The molecule has 0 radical (unpaired) electrons. The van der Waals surface area contributed by atoms with Crippen molar-refractivity contribution in [3.63, 3.8) is 0 Å². The SMILES string of the molecule is O=C(C[C@@H]1CCC[C@H]1O)NCc1nc(C(F)(F)F)n[nH]1. The molecule has 3 N–H and O–H groups in total. The second kappa shape index (κ2) is 5.78. The van der Waals surface area contributed by atoms with Crippen molar-refractivity contribution in [2.45, 2.75) is 44.5 Å². The Morgan fingerprint density at radius 3 is 2.75 bits per heavy atom. The van der Waals surface area contributed by atoms with E-state index in [1.165, 1.54) is 0 Å². The van der Waals surface area contributed by atoms with Crippen LogP contribution in [0.1, 0.15) is 37.3 Å². The standard InChI is InChI=1S/C11H15F3N4O2/c12-11(13,14)10-16-8(17-18-10)5-15-9(20)4-6-2-1-3-7(6)19/h6-7,19H,1-5H2,(H,15,20)(H,16,17,18)/t6-,7+/m0/s1. The summed E-state index contributed by atoms with van der Waals surface area (Å²) < 4.78 is 36.8. The molecule has 1 saturated carbocycles. The van der Waals surface area contributed by atoms with Gasteiger partial charge in [0, 0.05) is 6.42 Å². The third-order valence-electron chi connectivity index (χ3n) is 3.30. The number of H-pyrrole nitrogens is 1. The molecule has 0 aliphatic heterocycles. The number of nitrogens with zero attached hydrogens (tertiary/aromatic N) is 2. The predicted molar refractivity (Wildman–Crippen MR) is 61.2 cm³/mol. The number of amides is 1. The van der Waals surface area contributed by atoms with Crippen molar-refractivity contribution in [2.75, 3.05) is 0 Å². The Labute approximate surface area is 112 Å². The van der Waals surface area contributed by atoms with Gasteiger partial charge in [-0.1, -0.05) is 6.42 Å². The summed E-state index contributed by atoms with van der Waals surface area (Å²) in [5.41, 5.74) is 0. The number of nitrogens with one attached hydrogen (secondary N) is 2. The second-order valence-electron chi connectivity index (χ2n) is 4.84. The molecule has 6 nitrogen and oxygen atoms in total. The highest BCUT2D eigenvalue weighted by Gasteiger charge is 2.36. The molecule has 20 heavy (non-hydrogen) atoms. The van der Waals surface area contributed by atoms with Gasteiger partial charge in [-0.3, -0.25) is 9.89 Å². The first kappa shape index (κ1) is 14.8. The normalized spacial score (nSPS) is 23.0. The Kier molecular flexibility index (Phi) is 4.26. The summed E-state index contributed by atoms with van der Waals surface area (Å²) in [5.74, 6) is -1.71. The summed E-state index contributed by atoms with van der Waals surface area (Å²) in [7, 11) is 0. The fourth-order valence-corrected chi connectivity index (χ4v) is 2.25. The second-order valence-corrected chi connectivity index (χ2v) is 4.84. The van der Waals surface area contributed by atoms with E-state index in [0.29, 0.717) is 6.42 Å². The van der Waals surface area contributed by atoms with E-state index < -0.39 is 18.1 Å². The largest absolute Gasteiger partial charge is 0.453 e. The molecular weight excluding hydrogens is 277 g/mol. The van der Waals surface area contributed by atoms with Crippen LogP contribution in [0.15, 0.2) is 0 Å². The Balaban J connectivity index is 1.80. The van der Waals surface area contributed by atoms with Crippen LogP contribution in [0.5, 0.6) is 0 Å². The highest BCUT2D eigenvalue weighted by molar-refractivity contribution is 5.76. The minimum atomic E-state index is -4.60. The number of halogens is 3. The highest BCUT2D eigenvalue weighted by Crippen LogP contribution is 2.28. The fourth-order valence-electron chi connectivity index (χ4n) is 2.25. The first-order chi connectivity index (χ1) is 9.36. The maximum Gasteiger partial charge on any atom is 0.453 e. The molecule has 0 unspecified atom stereocenters. The topological polar surface area (TPSA) is 90.9 Å². The Bertz CT molecular complexity index is 474. The zero-order valence-corrected chi connectivity index (χ0v) is 10.6. The van der Waals surface area contributed by atoms with Crippen LogP contribution >= 0.6 is 0 Å². The lowest BCUT2D eigenvalue weighted by atomic mass is 10.0. The van der Waals surface area contributed by atoms with Gasteiger partial charge >= 0.3 is 6.18 Å². The average molecular weight is 292 g/mol. The monoisotopic (exact) mass is 292 g/mol. The van der Waals surface area contributed by atoms with Gasteiger partial charge in [-0.25, -0.2) is 4.98 Å². The number of aromatic nitrogens is 3. The minimum absolute atomic E-state index is 0.0577. The zero-order valence-electron chi connectivity index (χ0n) is 10.6. The lowest BCUT2D eigenvalue weighted by molar-refractivity contribution is -0.144. The zero-order chi connectivity index (χ0) is 14.8. The van der Waals surface area contributed by atoms with E-state index in [2.05, 4.69) is 20.5 Å². The maximum absolute atomic E-state index is 12.3. The molecule has 1 fully saturated rings. The number of aromatic amines is 1. The molecule has 1 aromatic heterocycles. The first-order valence-corrected chi connectivity index (χ1v) is 6.29. The van der Waals surface area contributed by atoms with Gasteiger partial charge in [-0.05, 0) is 18.8 Å². The lowest BCUT2D eigenvalue weighted by Gasteiger charge is -2.13. The predicted octanol–water partition coefficient (Wildman–Crippen LogP) is 0.991. The highest BCUT2D eigenvalue weighted by atomic mass is 19.4. The number of alkyl halides is 3. The molecule has 0 bridgehead atoms. The number of rotatable bonds is 4. The van der Waals surface area contributed by atoms with Crippen LogP contribution in [0.3, 0.4) is 0 Å². The summed E-state index contributed by atoms with van der Waals surface area (Å²) in [6.07, 6.45) is -2.54. The van der Waals surface area contributed by atoms with Crippen molar-refractivity contribution < 1.29 is 23.1 Å². The molecule has 1 aromatic rings. The molecule has 1 amide bonds. The molecule has 0 aromatic carbocycles. The van der Waals surface area contributed by atoms with E-state index in [9.17, 15) is 23.1 Å². The molecule has 1 heterocycles. The molecule has 2 rings (SSSR count). The smallest absolute Gasteiger partial charge is 0.393 e. The van der Waals surface area contributed by atoms with E-state index in [4.69, 9.17) is 0 Å². The number of aliphatic hydroxyl groups is 1. The number of carbonyl (C=O) groups excluding carboxylic acids is 1. The summed E-state index contributed by atoms with van der Waals surface area (Å²) in [5, 5.41) is 17.2. The third kappa shape index (κ3) is 3.69. The van der Waals surface area contributed by atoms with Crippen LogP contribution in [-0.2, 0) is 17.5 Å². The number of carbonyl (C=O) groups is 1. The van der Waals surface area contributed by atoms with Gasteiger partial charge in [0.1, 0.15) is 5.82 Å². The molecule has 1 aliphatic carbocycles. The molecule has 1 aliphatic rings. The quantitative estimate of drug-likeness (QED) is 0.772. The van der Waals surface area contributed by atoms with E-state index in [1.807, 2.05) is 0 Å². The van der Waals surface area contributed by atoms with E-state index in [1.54, 1.807) is 0 Å². The van der Waals surface area contributed by atoms with Crippen molar-refractivity contribution in [1.82, 2.24) is 20.5 Å². The van der Waals surface area contributed by atoms with Gasteiger partial charge in [0.2, 0.25) is 5.91 Å². The number of hydrogen-bond donors (Lipinski definition) is 3. The van der Waals surface area contributed by atoms with E-state index in [-0.39, 0.29) is 30.6 Å². The first-order valence-electron chi connectivity index (χ1n) is 6.29. The van der Waals surface area contributed by atoms with Gasteiger partial charge in [0.25, 0.3) is 5.82 Å². The number of aliphatic hydroxyl groups excluding tert-OH is 1. The Hall–Kier alpha value is -1.64. The van der Waals surface area contributed by atoms with Crippen molar-refractivity contribution in [2.24, 2.45) is 5.92 Å². The summed E-state index contributed by atoms with van der Waals surface area (Å²) in [6.45, 7) is -0.148. The van der Waals surface area contributed by atoms with Gasteiger partial charge in [-0.2, -0.15) is 13.2 Å².